The molecule has 1 aromatic heterocycles. The topological polar surface area (TPSA) is 503 Å². The second kappa shape index (κ2) is 32.3. The third-order valence-electron chi connectivity index (χ3n) is 12.0. The predicted octanol–water partition coefficient (Wildman–Crippen LogP) is -6.02. The van der Waals surface area contributed by atoms with E-state index in [0.717, 1.165) is 0 Å². The van der Waals surface area contributed by atoms with E-state index in [0.29, 0.717) is 57.2 Å². The fourth-order valence-electron chi connectivity index (χ4n) is 7.80. The van der Waals surface area contributed by atoms with Gasteiger partial charge in [0, 0.05) is 37.9 Å². The summed E-state index contributed by atoms with van der Waals surface area (Å²) in [7, 11) is 0. The van der Waals surface area contributed by atoms with Gasteiger partial charge in [0.1, 0.15) is 41.6 Å². The molecule has 412 valence electrons. The number of aliphatic imine (C=N–C) groups is 1. The summed E-state index contributed by atoms with van der Waals surface area (Å²) >= 11 is 0. The number of nitrogens with two attached hydrogens (primary N) is 6. The lowest BCUT2D eigenvalue weighted by Gasteiger charge is -2.27. The summed E-state index contributed by atoms with van der Waals surface area (Å²) in [6, 6.07) is -7.53. The summed E-state index contributed by atoms with van der Waals surface area (Å²) in [5.41, 5.74) is 33.5. The average molecular weight is 1050 g/mol. The largest absolute Gasteiger partial charge is 0.477 e. The molecule has 1 unspecified atom stereocenters. The van der Waals surface area contributed by atoms with Crippen LogP contribution >= 0.6 is 0 Å². The number of aliphatic carboxylic acids is 1. The zero-order valence-corrected chi connectivity index (χ0v) is 41.6. The first-order valence-corrected chi connectivity index (χ1v) is 24.8. The Morgan fingerprint density at radius 2 is 1.53 bits per heavy atom. The van der Waals surface area contributed by atoms with E-state index in [2.05, 4.69) is 52.2 Å². The molecule has 1 saturated heterocycles. The Kier molecular flexibility index (Phi) is 26.8. The van der Waals surface area contributed by atoms with Crippen LogP contribution in [0.15, 0.2) is 29.3 Å². The number of imidazole rings is 1. The molecule has 2 heterocycles. The van der Waals surface area contributed by atoms with Crippen LogP contribution in [0.25, 0.3) is 0 Å². The molecule has 1 aromatic rings. The van der Waals surface area contributed by atoms with Gasteiger partial charge in [-0.3, -0.25) is 43.8 Å². The summed E-state index contributed by atoms with van der Waals surface area (Å²) in [4.78, 5) is 133. The molecule has 23 N–H and O–H groups in total. The van der Waals surface area contributed by atoms with E-state index in [1.807, 2.05) is 0 Å². The van der Waals surface area contributed by atoms with Crippen molar-refractivity contribution in [2.24, 2.45) is 45.3 Å². The van der Waals surface area contributed by atoms with Crippen LogP contribution < -0.4 is 71.6 Å². The number of likely N-dealkylation sites (tertiary alicyclic amines) is 1. The number of hydrogen-bond acceptors (Lipinski definition) is 17. The summed E-state index contributed by atoms with van der Waals surface area (Å²) < 4.78 is 0. The number of nitrogens with one attached hydrogen (secondary N) is 9. The molecule has 2 fully saturated rings. The number of carbonyl (C=O) groups is 9. The number of H-pyrrole nitrogens is 1. The highest BCUT2D eigenvalue weighted by atomic mass is 16.4. The van der Waals surface area contributed by atoms with Crippen LogP contribution in [0.3, 0.4) is 0 Å². The maximum absolute atomic E-state index is 14.2. The Morgan fingerprint density at radius 3 is 2.14 bits per heavy atom. The average Bonchev–Trinajstić information content (AvgIpc) is 3.84. The minimum Gasteiger partial charge on any atom is -0.477 e. The third kappa shape index (κ3) is 20.9. The maximum Gasteiger partial charge on any atom is 0.352 e. The Morgan fingerprint density at radius 1 is 0.838 bits per heavy atom. The van der Waals surface area contributed by atoms with Crippen molar-refractivity contribution in [3.63, 3.8) is 0 Å². The van der Waals surface area contributed by atoms with Crippen LogP contribution in [0.4, 0.5) is 0 Å². The minimum absolute atomic E-state index is 0.0441. The molecule has 1 aliphatic carbocycles. The quantitative estimate of drug-likeness (QED) is 0.0132. The highest BCUT2D eigenvalue weighted by Crippen LogP contribution is 2.33. The monoisotopic (exact) mass is 1040 g/mol. The van der Waals surface area contributed by atoms with E-state index in [-0.39, 0.29) is 88.7 Å². The Labute approximate surface area is 428 Å². The maximum atomic E-state index is 14.2. The van der Waals surface area contributed by atoms with Crippen molar-refractivity contribution in [3.05, 3.63) is 30.0 Å². The number of aliphatic hydroxyl groups is 1. The number of carboxylic acid groups (broad SMARTS) is 1. The molecule has 0 bridgehead atoms. The molecule has 29 heteroatoms. The number of guanidine groups is 1. The van der Waals surface area contributed by atoms with Gasteiger partial charge >= 0.3 is 5.97 Å². The second-order valence-electron chi connectivity index (χ2n) is 18.0. The van der Waals surface area contributed by atoms with Crippen molar-refractivity contribution in [1.29, 1.82) is 5.41 Å². The highest BCUT2D eigenvalue weighted by molar-refractivity contribution is 6.40. The zero-order valence-electron chi connectivity index (χ0n) is 41.6. The fourth-order valence-corrected chi connectivity index (χ4v) is 7.80. The molecule has 1 saturated carbocycles. The van der Waals surface area contributed by atoms with Gasteiger partial charge < -0.3 is 91.7 Å². The first-order valence-electron chi connectivity index (χ1n) is 24.8. The van der Waals surface area contributed by atoms with Gasteiger partial charge in [-0.2, -0.15) is 0 Å². The molecule has 1 aliphatic heterocycles. The Bertz CT molecular complexity index is 2140. The van der Waals surface area contributed by atoms with Gasteiger partial charge in [-0.1, -0.05) is 12.5 Å². The van der Waals surface area contributed by atoms with Gasteiger partial charge in [0.15, 0.2) is 5.96 Å². The van der Waals surface area contributed by atoms with Crippen molar-refractivity contribution in [3.8, 4) is 0 Å². The SMILES string of the molecule is N=C(N)NCC/C=C(\NC(=O)[C@H](CCCCN)NC(=O)[C@H](Cc1cnc[nH]1)NC(=O)[C@@H]1CCCN1C(=O)/C(CCCN)=N/C(=O)CNC(=O)C(NC(=O)[C@@H](NC(=O)[C@@H](N)CCCCN)[C@@H](O)CN)C1CC1)C(=O)O. The number of aliphatic hydroxyl groups excluding tert-OH is 1. The van der Waals surface area contributed by atoms with Gasteiger partial charge in [0.05, 0.1) is 25.0 Å². The predicted molar refractivity (Wildman–Crippen MR) is 268 cm³/mol. The first-order chi connectivity index (χ1) is 35.3. The molecular weight excluding hydrogens is 969 g/mol. The van der Waals surface area contributed by atoms with Crippen LogP contribution in [0.1, 0.15) is 89.2 Å². The number of aromatic amines is 1. The molecule has 0 radical (unpaired) electrons. The van der Waals surface area contributed by atoms with Gasteiger partial charge in [0.2, 0.25) is 35.4 Å². The van der Waals surface area contributed by atoms with Gasteiger partial charge in [-0.05, 0) is 103 Å². The molecule has 0 aromatic carbocycles. The van der Waals surface area contributed by atoms with E-state index >= 15 is 0 Å². The molecule has 3 rings (SSSR count). The number of hydrogen-bond donors (Lipinski definition) is 17. The second-order valence-corrected chi connectivity index (χ2v) is 18.0. The standard InChI is InChI=1S/C45H76N18O11/c46-15-3-1-8-27(50)37(66)62-36(33(64)21-49)42(71)61-35(25-13-14-25)41(70)55-23-34(65)57-29(10-5-17-48)43(72)63-19-7-12-32(63)40(69)60-31(20-26-22-53-24-56-26)39(68)58-28(9-2-4-16-47)38(67)59-30(44(73)74)11-6-18-54-45(51)52/h11,22,24-25,27-28,31-33,35-36,64H,1-10,12-21,23,46-50H2,(H,53,56)(H,55,70)(H,58,68)(H,59,67)(H,60,69)(H,61,71)(H,62,66)(H,73,74)(H4,51,52,54)/b30-11-,57-29+/t27-,28-,31-,32-,33-,35?,36-/m0/s1. The number of carbonyl (C=O) groups excluding carboxylic acids is 8. The lowest BCUT2D eigenvalue weighted by atomic mass is 10.1. The number of nitrogens with zero attached hydrogens (tertiary/aromatic N) is 3. The van der Waals surface area contributed by atoms with Crippen molar-refractivity contribution in [2.75, 3.05) is 45.8 Å². The smallest absolute Gasteiger partial charge is 0.352 e. The van der Waals surface area contributed by atoms with Crippen molar-refractivity contribution in [2.45, 2.75) is 132 Å². The van der Waals surface area contributed by atoms with Crippen LogP contribution in [0, 0.1) is 11.3 Å². The van der Waals surface area contributed by atoms with Crippen molar-refractivity contribution in [1.82, 2.24) is 52.1 Å². The summed E-state index contributed by atoms with van der Waals surface area (Å²) in [6.45, 7) is -0.165. The summed E-state index contributed by atoms with van der Waals surface area (Å²) in [5.74, 6) is -8.64. The summed E-state index contributed by atoms with van der Waals surface area (Å²) in [5, 5.41) is 45.2. The normalized spacial score (nSPS) is 17.1. The Balaban J connectivity index is 1.76. The number of aromatic nitrogens is 2. The lowest BCUT2D eigenvalue weighted by molar-refractivity contribution is -0.137. The Hall–Kier alpha value is -6.92. The molecule has 2 aliphatic rings. The van der Waals surface area contributed by atoms with E-state index in [9.17, 15) is 53.4 Å². The van der Waals surface area contributed by atoms with Crippen LogP contribution in [0.2, 0.25) is 0 Å². The number of carboxylic acids is 1. The molecule has 8 amide bonds. The van der Waals surface area contributed by atoms with Crippen LogP contribution in [-0.2, 0) is 49.6 Å². The first kappa shape index (κ1) is 61.4. The summed E-state index contributed by atoms with van der Waals surface area (Å²) in [6.07, 6.45) is 6.45. The van der Waals surface area contributed by atoms with E-state index in [4.69, 9.17) is 39.8 Å². The number of rotatable bonds is 34. The third-order valence-corrected chi connectivity index (χ3v) is 12.0. The zero-order chi connectivity index (χ0) is 54.7. The van der Waals surface area contributed by atoms with Crippen molar-refractivity contribution < 1.29 is 53.4 Å². The van der Waals surface area contributed by atoms with Gasteiger partial charge in [-0.15, -0.1) is 0 Å². The van der Waals surface area contributed by atoms with Crippen molar-refractivity contribution >= 4 is 64.9 Å². The molecular formula is C45H76N18O11. The van der Waals surface area contributed by atoms with Gasteiger partial charge in [-0.25, -0.2) is 14.8 Å². The fraction of sp³-hybridized carbons (Fsp3) is 0.644. The van der Waals surface area contributed by atoms with Crippen LogP contribution in [-0.4, -0.2) is 178 Å². The van der Waals surface area contributed by atoms with E-state index < -0.39 is 114 Å². The van der Waals surface area contributed by atoms with E-state index in [1.54, 1.807) is 0 Å². The minimum atomic E-state index is -1.55. The molecule has 74 heavy (non-hydrogen) atoms. The molecule has 29 nitrogen and oxygen atoms in total. The molecule has 7 atom stereocenters. The number of amides is 8. The lowest BCUT2D eigenvalue weighted by Crippen LogP contribution is -2.61. The number of unbranched alkanes of at least 4 members (excludes halogenated alkanes) is 2. The highest BCUT2D eigenvalue weighted by Gasteiger charge is 2.41. The van der Waals surface area contributed by atoms with Gasteiger partial charge in [0.25, 0.3) is 11.8 Å². The van der Waals surface area contributed by atoms with E-state index in [1.165, 1.54) is 23.5 Å². The molecule has 0 spiro atoms. The van der Waals surface area contributed by atoms with Crippen LogP contribution in [0.5, 0.6) is 0 Å².